The van der Waals surface area contributed by atoms with Crippen molar-refractivity contribution in [1.29, 1.82) is 0 Å². The van der Waals surface area contributed by atoms with Crippen LogP contribution in [0.3, 0.4) is 0 Å². The zero-order valence-corrected chi connectivity index (χ0v) is 17.1. The van der Waals surface area contributed by atoms with Gasteiger partial charge >= 0.3 is 5.97 Å². The molecule has 0 saturated heterocycles. The number of aryl methyl sites for hydroxylation is 1. The molecule has 0 atom stereocenters. The van der Waals surface area contributed by atoms with Crippen LogP contribution in [0.15, 0.2) is 47.5 Å². The number of nitrogens with zero attached hydrogens (tertiary/aromatic N) is 1. The topological polar surface area (TPSA) is 55.7 Å². The molecule has 0 heterocycles. The molecule has 32 heavy (non-hydrogen) atoms. The minimum Gasteiger partial charge on any atom is -0.463 e. The van der Waals surface area contributed by atoms with E-state index in [-0.39, 0.29) is 31.6 Å². The molecule has 0 bridgehead atoms. The van der Waals surface area contributed by atoms with Gasteiger partial charge in [-0.25, -0.2) is 31.7 Å². The minimum atomic E-state index is -2.35. The number of carbonyl (C=O) groups excluding carboxylic acids is 2. The number of halogens is 5. The van der Waals surface area contributed by atoms with Crippen LogP contribution in [0.5, 0.6) is 0 Å². The van der Waals surface area contributed by atoms with Crippen molar-refractivity contribution < 1.29 is 36.3 Å². The molecule has 2 aromatic carbocycles. The fraction of sp³-hybridized carbons (Fsp3) is 0.261. The zero-order valence-electron chi connectivity index (χ0n) is 17.1. The highest BCUT2D eigenvalue weighted by Crippen LogP contribution is 2.24. The van der Waals surface area contributed by atoms with Crippen LogP contribution < -0.4 is 0 Å². The Hall–Kier alpha value is -3.36. The van der Waals surface area contributed by atoms with Crippen LogP contribution in [0, 0.1) is 29.1 Å². The van der Waals surface area contributed by atoms with Crippen molar-refractivity contribution in [1.82, 2.24) is 0 Å². The molecule has 0 unspecified atom stereocenters. The SMILES string of the molecule is CCOC(=O)/C=C/CCC(CCc1ccccc1)=NC(=O)c1c(F)c(F)c(F)c(F)c1F. The lowest BCUT2D eigenvalue weighted by atomic mass is 10.0. The van der Waals surface area contributed by atoms with Crippen molar-refractivity contribution in [2.75, 3.05) is 6.61 Å². The van der Waals surface area contributed by atoms with Gasteiger partial charge in [-0.15, -0.1) is 0 Å². The first-order valence-electron chi connectivity index (χ1n) is 9.75. The molecule has 4 nitrogen and oxygen atoms in total. The van der Waals surface area contributed by atoms with E-state index in [4.69, 9.17) is 4.74 Å². The molecule has 2 aromatic rings. The Morgan fingerprint density at radius 2 is 1.50 bits per heavy atom. The Kier molecular flexibility index (Phi) is 9.24. The maximum atomic E-state index is 13.9. The summed E-state index contributed by atoms with van der Waals surface area (Å²) in [6.07, 6.45) is 3.62. The van der Waals surface area contributed by atoms with Crippen LogP contribution in [0.25, 0.3) is 0 Å². The second kappa shape index (κ2) is 11.9. The van der Waals surface area contributed by atoms with Gasteiger partial charge in [0.15, 0.2) is 23.3 Å². The summed E-state index contributed by atoms with van der Waals surface area (Å²) in [6.45, 7) is 1.84. The molecule has 9 heteroatoms. The van der Waals surface area contributed by atoms with Gasteiger partial charge in [0.25, 0.3) is 5.91 Å². The predicted octanol–water partition coefficient (Wildman–Crippen LogP) is 5.50. The second-order valence-electron chi connectivity index (χ2n) is 6.61. The van der Waals surface area contributed by atoms with E-state index in [1.54, 1.807) is 19.1 Å². The monoisotopic (exact) mass is 453 g/mol. The third-order valence-corrected chi connectivity index (χ3v) is 4.37. The Balaban J connectivity index is 2.27. The number of hydrogen-bond donors (Lipinski definition) is 0. The quantitative estimate of drug-likeness (QED) is 0.126. The first-order chi connectivity index (χ1) is 15.3. The van der Waals surface area contributed by atoms with Crippen LogP contribution in [-0.2, 0) is 16.0 Å². The van der Waals surface area contributed by atoms with Crippen LogP contribution in [0.4, 0.5) is 22.0 Å². The van der Waals surface area contributed by atoms with Gasteiger partial charge in [-0.1, -0.05) is 36.4 Å². The molecule has 0 saturated carbocycles. The minimum absolute atomic E-state index is 0.115. The van der Waals surface area contributed by atoms with Gasteiger partial charge in [-0.3, -0.25) is 4.79 Å². The van der Waals surface area contributed by atoms with Crippen molar-refractivity contribution >= 4 is 17.6 Å². The van der Waals surface area contributed by atoms with E-state index in [1.807, 2.05) is 18.2 Å². The maximum absolute atomic E-state index is 13.9. The fourth-order valence-electron chi connectivity index (χ4n) is 2.78. The standard InChI is InChI=1S/C23H20F5NO3/c1-2-32-16(30)11-7-6-10-15(13-12-14-8-4-3-5-9-14)29-23(31)17-18(24)20(26)22(28)21(27)19(17)25/h3-5,7-9,11H,2,6,10,12-13H2,1H3/b11-7+,29-15?. The summed E-state index contributed by atoms with van der Waals surface area (Å²) in [4.78, 5) is 27.3. The average molecular weight is 453 g/mol. The molecule has 2 rings (SSSR count). The number of aliphatic imine (C=N–C) groups is 1. The van der Waals surface area contributed by atoms with E-state index in [1.165, 1.54) is 12.2 Å². The number of ether oxygens (including phenoxy) is 1. The van der Waals surface area contributed by atoms with Crippen LogP contribution in [0.1, 0.15) is 42.1 Å². The van der Waals surface area contributed by atoms with Crippen molar-refractivity contribution in [3.63, 3.8) is 0 Å². The smallest absolute Gasteiger partial charge is 0.330 e. The summed E-state index contributed by atoms with van der Waals surface area (Å²) in [5.74, 6) is -13.4. The predicted molar refractivity (Wildman–Crippen MR) is 108 cm³/mol. The summed E-state index contributed by atoms with van der Waals surface area (Å²) in [5.41, 5.74) is -0.539. The highest BCUT2D eigenvalue weighted by Gasteiger charge is 2.29. The van der Waals surface area contributed by atoms with Gasteiger partial charge in [0, 0.05) is 11.8 Å². The van der Waals surface area contributed by atoms with Crippen LogP contribution in [0.2, 0.25) is 0 Å². The maximum Gasteiger partial charge on any atom is 0.330 e. The van der Waals surface area contributed by atoms with E-state index >= 15 is 0 Å². The Labute approximate surface area is 181 Å². The van der Waals surface area contributed by atoms with E-state index in [0.29, 0.717) is 6.42 Å². The van der Waals surface area contributed by atoms with Crippen molar-refractivity contribution in [3.8, 4) is 0 Å². The highest BCUT2D eigenvalue weighted by atomic mass is 19.2. The largest absolute Gasteiger partial charge is 0.463 e. The van der Waals surface area contributed by atoms with Gasteiger partial charge < -0.3 is 4.74 Å². The Morgan fingerprint density at radius 3 is 2.09 bits per heavy atom. The number of amides is 1. The van der Waals surface area contributed by atoms with Crippen molar-refractivity contribution in [2.45, 2.75) is 32.6 Å². The van der Waals surface area contributed by atoms with E-state index in [0.717, 1.165) is 5.56 Å². The summed E-state index contributed by atoms with van der Waals surface area (Å²) >= 11 is 0. The molecule has 0 aliphatic heterocycles. The molecule has 0 spiro atoms. The number of allylic oxidation sites excluding steroid dienone is 1. The zero-order chi connectivity index (χ0) is 23.7. The Morgan fingerprint density at radius 1 is 0.906 bits per heavy atom. The number of rotatable bonds is 9. The summed E-state index contributed by atoms with van der Waals surface area (Å²) in [6, 6.07) is 9.06. The molecule has 170 valence electrons. The van der Waals surface area contributed by atoms with Gasteiger partial charge in [-0.05, 0) is 38.2 Å². The molecule has 0 aliphatic carbocycles. The van der Waals surface area contributed by atoms with Crippen molar-refractivity contribution in [2.24, 2.45) is 4.99 Å². The summed E-state index contributed by atoms with van der Waals surface area (Å²) in [7, 11) is 0. The fourth-order valence-corrected chi connectivity index (χ4v) is 2.78. The van der Waals surface area contributed by atoms with Gasteiger partial charge in [0.2, 0.25) is 5.82 Å². The third-order valence-electron chi connectivity index (χ3n) is 4.37. The van der Waals surface area contributed by atoms with Crippen LogP contribution in [-0.4, -0.2) is 24.2 Å². The van der Waals surface area contributed by atoms with E-state index < -0.39 is 46.5 Å². The first-order valence-corrected chi connectivity index (χ1v) is 9.75. The molecule has 0 aromatic heterocycles. The Bertz CT molecular complexity index is 1010. The van der Waals surface area contributed by atoms with Gasteiger partial charge in [0.1, 0.15) is 5.56 Å². The lowest BCUT2D eigenvalue weighted by Crippen LogP contribution is -2.13. The molecular formula is C23H20F5NO3. The highest BCUT2D eigenvalue weighted by molar-refractivity contribution is 6.04. The van der Waals surface area contributed by atoms with E-state index in [2.05, 4.69) is 4.99 Å². The van der Waals surface area contributed by atoms with Crippen LogP contribution >= 0.6 is 0 Å². The number of carbonyl (C=O) groups is 2. The number of benzene rings is 2. The summed E-state index contributed by atoms with van der Waals surface area (Å²) < 4.78 is 72.8. The lowest BCUT2D eigenvalue weighted by Gasteiger charge is -2.08. The molecular weight excluding hydrogens is 433 g/mol. The second-order valence-corrected chi connectivity index (χ2v) is 6.61. The van der Waals surface area contributed by atoms with Crippen molar-refractivity contribution in [3.05, 3.63) is 82.7 Å². The van der Waals surface area contributed by atoms with E-state index in [9.17, 15) is 31.5 Å². The number of hydrogen-bond acceptors (Lipinski definition) is 3. The third kappa shape index (κ3) is 6.57. The average Bonchev–Trinajstić information content (AvgIpc) is 2.78. The molecule has 1 amide bonds. The van der Waals surface area contributed by atoms with Gasteiger partial charge in [0.05, 0.1) is 6.61 Å². The molecule has 0 radical (unpaired) electrons. The lowest BCUT2D eigenvalue weighted by molar-refractivity contribution is -0.137. The number of esters is 1. The molecule has 0 N–H and O–H groups in total. The molecule has 0 aliphatic rings. The summed E-state index contributed by atoms with van der Waals surface area (Å²) in [5, 5.41) is 0. The normalized spacial score (nSPS) is 11.8. The first kappa shape index (κ1) is 24.9. The molecule has 0 fully saturated rings. The van der Waals surface area contributed by atoms with Gasteiger partial charge in [-0.2, -0.15) is 0 Å².